The largest absolute Gasteiger partial charge is 0.300 e. The number of nitrogens with zero attached hydrogens (tertiary/aromatic N) is 3. The summed E-state index contributed by atoms with van der Waals surface area (Å²) in [7, 11) is 2.14. The van der Waals surface area contributed by atoms with Crippen molar-refractivity contribution in [1.82, 2.24) is 4.98 Å². The van der Waals surface area contributed by atoms with Crippen molar-refractivity contribution < 1.29 is 0 Å². The van der Waals surface area contributed by atoms with Crippen molar-refractivity contribution in [2.75, 3.05) is 22.2 Å². The Morgan fingerprint density at radius 3 is 2.86 bits per heavy atom. The molecular weight excluding hydrogens is 278 g/mol. The smallest absolute Gasteiger partial charge is 0.0732 e. The Balaban J connectivity index is 1.71. The highest BCUT2D eigenvalue weighted by atomic mass is 32.2. The van der Waals surface area contributed by atoms with Gasteiger partial charge < -0.3 is 0 Å². The topological polar surface area (TPSA) is 19.4 Å². The molecule has 1 aliphatic carbocycles. The summed E-state index contributed by atoms with van der Waals surface area (Å²) in [4.78, 5) is 4.54. The minimum atomic E-state index is 0.898. The van der Waals surface area contributed by atoms with Crippen LogP contribution in [0.25, 0.3) is 11.3 Å². The molecule has 2 heterocycles. The molecular formula is C17H19N3S. The Bertz CT molecular complexity index is 681. The van der Waals surface area contributed by atoms with Crippen LogP contribution in [0.1, 0.15) is 18.4 Å². The number of aromatic nitrogens is 1. The van der Waals surface area contributed by atoms with Gasteiger partial charge in [-0.2, -0.15) is 0 Å². The molecule has 1 fully saturated rings. The zero-order valence-electron chi connectivity index (χ0n) is 12.4. The summed E-state index contributed by atoms with van der Waals surface area (Å²) in [5, 5.41) is 0. The zero-order chi connectivity index (χ0) is 14.4. The molecule has 2 aromatic rings. The van der Waals surface area contributed by atoms with E-state index in [1.807, 2.05) is 24.4 Å². The van der Waals surface area contributed by atoms with E-state index < -0.39 is 0 Å². The average molecular weight is 297 g/mol. The van der Waals surface area contributed by atoms with Gasteiger partial charge in [0.1, 0.15) is 0 Å². The molecule has 0 unspecified atom stereocenters. The number of benzene rings is 1. The number of hydrogen-bond acceptors (Lipinski definition) is 4. The highest BCUT2D eigenvalue weighted by Crippen LogP contribution is 2.47. The first-order valence-electron chi connectivity index (χ1n) is 7.48. The molecule has 0 atom stereocenters. The fourth-order valence-electron chi connectivity index (χ4n) is 2.82. The molecule has 108 valence electrons. The molecule has 4 rings (SSSR count). The Hall–Kier alpha value is -1.68. The van der Waals surface area contributed by atoms with Crippen molar-refractivity contribution >= 4 is 23.5 Å². The SMILES string of the molecule is Cc1cccnc1-c1ccc2c(c1)N(C)SN2CC1CC1. The molecule has 0 radical (unpaired) electrons. The lowest BCUT2D eigenvalue weighted by atomic mass is 10.1. The van der Waals surface area contributed by atoms with E-state index in [-0.39, 0.29) is 0 Å². The first kappa shape index (κ1) is 13.0. The van der Waals surface area contributed by atoms with E-state index in [1.165, 1.54) is 41.9 Å². The number of pyridine rings is 1. The fraction of sp³-hybridized carbons (Fsp3) is 0.353. The van der Waals surface area contributed by atoms with Gasteiger partial charge in [0, 0.05) is 25.4 Å². The second-order valence-electron chi connectivity index (χ2n) is 5.96. The van der Waals surface area contributed by atoms with Gasteiger partial charge in [-0.15, -0.1) is 0 Å². The van der Waals surface area contributed by atoms with Crippen molar-refractivity contribution in [3.05, 3.63) is 42.1 Å². The molecule has 4 heteroatoms. The number of hydrogen-bond donors (Lipinski definition) is 0. The van der Waals surface area contributed by atoms with Crippen molar-refractivity contribution in [3.63, 3.8) is 0 Å². The maximum absolute atomic E-state index is 4.54. The predicted molar refractivity (Wildman–Crippen MR) is 90.5 cm³/mol. The molecule has 1 aliphatic heterocycles. The van der Waals surface area contributed by atoms with E-state index in [0.717, 1.165) is 11.6 Å². The van der Waals surface area contributed by atoms with E-state index in [9.17, 15) is 0 Å². The highest BCUT2D eigenvalue weighted by molar-refractivity contribution is 8.02. The van der Waals surface area contributed by atoms with Gasteiger partial charge in [0.05, 0.1) is 29.2 Å². The number of fused-ring (bicyclic) bond motifs is 1. The van der Waals surface area contributed by atoms with Crippen LogP contribution in [0, 0.1) is 12.8 Å². The zero-order valence-corrected chi connectivity index (χ0v) is 13.2. The second kappa shape index (κ2) is 4.95. The first-order valence-corrected chi connectivity index (χ1v) is 8.21. The second-order valence-corrected chi connectivity index (χ2v) is 7.11. The van der Waals surface area contributed by atoms with Crippen molar-refractivity contribution in [2.45, 2.75) is 19.8 Å². The Morgan fingerprint density at radius 1 is 1.24 bits per heavy atom. The molecule has 2 aliphatic rings. The third kappa shape index (κ3) is 2.38. The lowest BCUT2D eigenvalue weighted by Gasteiger charge is -2.16. The Labute approximate surface area is 130 Å². The quantitative estimate of drug-likeness (QED) is 0.787. The third-order valence-electron chi connectivity index (χ3n) is 4.21. The maximum Gasteiger partial charge on any atom is 0.0732 e. The monoisotopic (exact) mass is 297 g/mol. The van der Waals surface area contributed by atoms with E-state index in [0.29, 0.717) is 0 Å². The number of anilines is 2. The standard InChI is InChI=1S/C17H19N3S/c1-12-4-3-9-18-17(12)14-7-8-15-16(10-14)19(2)21-20(15)11-13-5-6-13/h3-4,7-10,13H,5-6,11H2,1-2H3. The van der Waals surface area contributed by atoms with Crippen LogP contribution in [0.15, 0.2) is 36.5 Å². The lowest BCUT2D eigenvalue weighted by Crippen LogP contribution is -2.16. The Morgan fingerprint density at radius 2 is 2.10 bits per heavy atom. The molecule has 1 aromatic heterocycles. The van der Waals surface area contributed by atoms with Crippen LogP contribution in [0.4, 0.5) is 11.4 Å². The number of aryl methyl sites for hydroxylation is 1. The van der Waals surface area contributed by atoms with Crippen LogP contribution in [0.3, 0.4) is 0 Å². The molecule has 0 spiro atoms. The van der Waals surface area contributed by atoms with Gasteiger partial charge in [0.15, 0.2) is 0 Å². The molecule has 21 heavy (non-hydrogen) atoms. The minimum absolute atomic E-state index is 0.898. The molecule has 0 saturated heterocycles. The van der Waals surface area contributed by atoms with Crippen LogP contribution in [0.2, 0.25) is 0 Å². The van der Waals surface area contributed by atoms with E-state index in [2.05, 4.69) is 51.8 Å². The predicted octanol–water partition coefficient (Wildman–Crippen LogP) is 4.29. The van der Waals surface area contributed by atoms with Crippen molar-refractivity contribution in [3.8, 4) is 11.3 Å². The van der Waals surface area contributed by atoms with Crippen molar-refractivity contribution in [2.24, 2.45) is 5.92 Å². The lowest BCUT2D eigenvalue weighted by molar-refractivity contribution is 0.852. The van der Waals surface area contributed by atoms with Gasteiger partial charge in [0.25, 0.3) is 0 Å². The summed E-state index contributed by atoms with van der Waals surface area (Å²) < 4.78 is 4.70. The maximum atomic E-state index is 4.54. The van der Waals surface area contributed by atoms with Gasteiger partial charge in [-0.25, -0.2) is 0 Å². The van der Waals surface area contributed by atoms with Gasteiger partial charge in [-0.05, 0) is 49.4 Å². The van der Waals surface area contributed by atoms with Crippen LogP contribution in [0.5, 0.6) is 0 Å². The average Bonchev–Trinajstić information content (AvgIpc) is 3.25. The normalized spacial score (nSPS) is 17.2. The van der Waals surface area contributed by atoms with Gasteiger partial charge in [0.2, 0.25) is 0 Å². The summed E-state index contributed by atoms with van der Waals surface area (Å²) in [5.41, 5.74) is 6.14. The summed E-state index contributed by atoms with van der Waals surface area (Å²) in [6, 6.07) is 10.8. The third-order valence-corrected chi connectivity index (χ3v) is 5.19. The van der Waals surface area contributed by atoms with E-state index in [1.54, 1.807) is 0 Å². The highest BCUT2D eigenvalue weighted by Gasteiger charge is 2.31. The van der Waals surface area contributed by atoms with Crippen LogP contribution in [-0.4, -0.2) is 18.6 Å². The molecule has 0 N–H and O–H groups in total. The first-order chi connectivity index (χ1) is 10.2. The molecule has 0 bridgehead atoms. The van der Waals surface area contributed by atoms with Crippen LogP contribution >= 0.6 is 12.1 Å². The van der Waals surface area contributed by atoms with Crippen LogP contribution < -0.4 is 8.61 Å². The summed E-state index contributed by atoms with van der Waals surface area (Å²) in [5.74, 6) is 0.898. The molecule has 1 saturated carbocycles. The molecule has 0 amide bonds. The van der Waals surface area contributed by atoms with Gasteiger partial charge in [-0.1, -0.05) is 12.1 Å². The minimum Gasteiger partial charge on any atom is -0.300 e. The van der Waals surface area contributed by atoms with Gasteiger partial charge in [-0.3, -0.25) is 13.6 Å². The molecule has 3 nitrogen and oxygen atoms in total. The Kier molecular flexibility index (Phi) is 3.07. The van der Waals surface area contributed by atoms with E-state index >= 15 is 0 Å². The molecule has 1 aromatic carbocycles. The van der Waals surface area contributed by atoms with Crippen molar-refractivity contribution in [1.29, 1.82) is 0 Å². The van der Waals surface area contributed by atoms with E-state index in [4.69, 9.17) is 0 Å². The van der Waals surface area contributed by atoms with Crippen LogP contribution in [-0.2, 0) is 0 Å². The van der Waals surface area contributed by atoms with Gasteiger partial charge >= 0.3 is 0 Å². The summed E-state index contributed by atoms with van der Waals surface area (Å²) in [6.07, 6.45) is 4.65. The summed E-state index contributed by atoms with van der Waals surface area (Å²) in [6.45, 7) is 3.29. The number of rotatable bonds is 3. The fourth-order valence-corrected chi connectivity index (χ4v) is 3.87. The summed E-state index contributed by atoms with van der Waals surface area (Å²) >= 11 is 1.82.